The van der Waals surface area contributed by atoms with Crippen LogP contribution in [-0.4, -0.2) is 36.7 Å². The molecule has 0 saturated carbocycles. The maximum atomic E-state index is 11.7. The molecular formula is C12H21NO4. The molecule has 0 radical (unpaired) electrons. The Morgan fingerprint density at radius 1 is 1.41 bits per heavy atom. The van der Waals surface area contributed by atoms with E-state index in [4.69, 9.17) is 9.47 Å². The van der Waals surface area contributed by atoms with Gasteiger partial charge in [-0.3, -0.25) is 0 Å². The van der Waals surface area contributed by atoms with Gasteiger partial charge < -0.3 is 19.6 Å². The highest BCUT2D eigenvalue weighted by atomic mass is 16.6. The second kappa shape index (κ2) is 5.49. The number of hydrogen-bond donors (Lipinski definition) is 1. The summed E-state index contributed by atoms with van der Waals surface area (Å²) in [5.41, 5.74) is -1.03. The zero-order chi connectivity index (χ0) is 12.9. The van der Waals surface area contributed by atoms with Gasteiger partial charge in [0.2, 0.25) is 0 Å². The second-order valence-corrected chi connectivity index (χ2v) is 5.39. The SMILES string of the molecule is CC(C)(C)OC(=O)NC1(CC=O)CCOCC1. The monoisotopic (exact) mass is 243 g/mol. The van der Waals surface area contributed by atoms with Gasteiger partial charge in [-0.1, -0.05) is 0 Å². The van der Waals surface area contributed by atoms with E-state index in [2.05, 4.69) is 5.32 Å². The molecule has 0 aromatic heterocycles. The molecule has 1 amide bonds. The smallest absolute Gasteiger partial charge is 0.408 e. The number of aldehydes is 1. The van der Waals surface area contributed by atoms with Crippen molar-refractivity contribution in [3.8, 4) is 0 Å². The molecule has 5 heteroatoms. The standard InChI is InChI=1S/C12H21NO4/c1-11(2,3)17-10(15)13-12(4-7-14)5-8-16-9-6-12/h7H,4-6,8-9H2,1-3H3,(H,13,15). The van der Waals surface area contributed by atoms with Crippen LogP contribution in [0, 0.1) is 0 Å². The summed E-state index contributed by atoms with van der Waals surface area (Å²) in [6.45, 7) is 6.54. The third-order valence-electron chi connectivity index (χ3n) is 2.69. The van der Waals surface area contributed by atoms with Gasteiger partial charge in [-0.15, -0.1) is 0 Å². The van der Waals surface area contributed by atoms with Crippen molar-refractivity contribution in [2.75, 3.05) is 13.2 Å². The van der Waals surface area contributed by atoms with Crippen LogP contribution in [0.25, 0.3) is 0 Å². The van der Waals surface area contributed by atoms with Gasteiger partial charge in [0.1, 0.15) is 11.9 Å². The summed E-state index contributed by atoms with van der Waals surface area (Å²) in [4.78, 5) is 22.4. The first-order valence-corrected chi connectivity index (χ1v) is 5.89. The Labute approximate surface area is 102 Å². The minimum Gasteiger partial charge on any atom is -0.444 e. The van der Waals surface area contributed by atoms with Crippen LogP contribution >= 0.6 is 0 Å². The molecule has 17 heavy (non-hydrogen) atoms. The number of nitrogens with one attached hydrogen (secondary N) is 1. The molecule has 98 valence electrons. The molecule has 0 aromatic carbocycles. The number of carbonyl (C=O) groups is 2. The van der Waals surface area contributed by atoms with Gasteiger partial charge >= 0.3 is 6.09 Å². The molecule has 0 aromatic rings. The van der Waals surface area contributed by atoms with Gasteiger partial charge in [0.15, 0.2) is 0 Å². The van der Waals surface area contributed by atoms with Crippen molar-refractivity contribution >= 4 is 12.4 Å². The number of rotatable bonds is 3. The number of ether oxygens (including phenoxy) is 2. The lowest BCUT2D eigenvalue weighted by molar-refractivity contribution is -0.110. The van der Waals surface area contributed by atoms with Crippen molar-refractivity contribution in [3.05, 3.63) is 0 Å². The molecule has 1 N–H and O–H groups in total. The fourth-order valence-electron chi connectivity index (χ4n) is 1.82. The van der Waals surface area contributed by atoms with E-state index < -0.39 is 17.2 Å². The molecular weight excluding hydrogens is 222 g/mol. The number of hydrogen-bond acceptors (Lipinski definition) is 4. The third-order valence-corrected chi connectivity index (χ3v) is 2.69. The number of alkyl carbamates (subject to hydrolysis) is 1. The molecule has 0 aliphatic carbocycles. The summed E-state index contributed by atoms with van der Waals surface area (Å²) >= 11 is 0. The first kappa shape index (κ1) is 14.0. The summed E-state index contributed by atoms with van der Waals surface area (Å²) in [7, 11) is 0. The number of carbonyl (C=O) groups excluding carboxylic acids is 2. The number of amides is 1. The molecule has 1 heterocycles. The maximum absolute atomic E-state index is 11.7. The first-order chi connectivity index (χ1) is 7.87. The highest BCUT2D eigenvalue weighted by Gasteiger charge is 2.35. The molecule has 5 nitrogen and oxygen atoms in total. The highest BCUT2D eigenvalue weighted by Crippen LogP contribution is 2.24. The van der Waals surface area contributed by atoms with Crippen LogP contribution in [0.5, 0.6) is 0 Å². The Morgan fingerprint density at radius 3 is 2.47 bits per heavy atom. The van der Waals surface area contributed by atoms with Crippen LogP contribution in [-0.2, 0) is 14.3 Å². The summed E-state index contributed by atoms with van der Waals surface area (Å²) in [5.74, 6) is 0. The van der Waals surface area contributed by atoms with Gasteiger partial charge in [-0.25, -0.2) is 4.79 Å². The highest BCUT2D eigenvalue weighted by molar-refractivity contribution is 5.69. The van der Waals surface area contributed by atoms with Crippen molar-refractivity contribution in [2.24, 2.45) is 0 Å². The molecule has 1 aliphatic rings. The molecule has 0 unspecified atom stereocenters. The van der Waals surface area contributed by atoms with Crippen molar-refractivity contribution < 1.29 is 19.1 Å². The molecule has 0 spiro atoms. The van der Waals surface area contributed by atoms with E-state index in [1.807, 2.05) is 20.8 Å². The Kier molecular flexibility index (Phi) is 4.51. The third kappa shape index (κ3) is 4.73. The van der Waals surface area contributed by atoms with E-state index >= 15 is 0 Å². The topological polar surface area (TPSA) is 64.6 Å². The zero-order valence-corrected chi connectivity index (χ0v) is 10.7. The van der Waals surface area contributed by atoms with Crippen molar-refractivity contribution in [2.45, 2.75) is 51.2 Å². The zero-order valence-electron chi connectivity index (χ0n) is 10.7. The summed E-state index contributed by atoms with van der Waals surface area (Å²) in [6, 6.07) is 0. The normalized spacial score (nSPS) is 19.5. The van der Waals surface area contributed by atoms with E-state index in [9.17, 15) is 9.59 Å². The van der Waals surface area contributed by atoms with Crippen LogP contribution in [0.2, 0.25) is 0 Å². The molecule has 0 atom stereocenters. The van der Waals surface area contributed by atoms with E-state index in [1.54, 1.807) is 0 Å². The largest absolute Gasteiger partial charge is 0.444 e. The summed E-state index contributed by atoms with van der Waals surface area (Å²) in [5, 5.41) is 2.82. The fourth-order valence-corrected chi connectivity index (χ4v) is 1.82. The molecule has 1 saturated heterocycles. The van der Waals surface area contributed by atoms with Gasteiger partial charge in [0, 0.05) is 19.6 Å². The molecule has 1 aliphatic heterocycles. The van der Waals surface area contributed by atoms with E-state index in [-0.39, 0.29) is 0 Å². The summed E-state index contributed by atoms with van der Waals surface area (Å²) < 4.78 is 10.5. The maximum Gasteiger partial charge on any atom is 0.408 e. The van der Waals surface area contributed by atoms with Gasteiger partial charge in [0.05, 0.1) is 5.54 Å². The van der Waals surface area contributed by atoms with E-state index in [0.29, 0.717) is 32.5 Å². The Balaban J connectivity index is 2.60. The quantitative estimate of drug-likeness (QED) is 0.765. The lowest BCUT2D eigenvalue weighted by atomic mass is 9.87. The van der Waals surface area contributed by atoms with Crippen LogP contribution < -0.4 is 5.32 Å². The van der Waals surface area contributed by atoms with Crippen molar-refractivity contribution in [1.82, 2.24) is 5.32 Å². The lowest BCUT2D eigenvalue weighted by Gasteiger charge is -2.37. The van der Waals surface area contributed by atoms with Crippen LogP contribution in [0.15, 0.2) is 0 Å². The van der Waals surface area contributed by atoms with Gasteiger partial charge in [-0.2, -0.15) is 0 Å². The van der Waals surface area contributed by atoms with Crippen LogP contribution in [0.3, 0.4) is 0 Å². The van der Waals surface area contributed by atoms with E-state index in [0.717, 1.165) is 6.29 Å². The van der Waals surface area contributed by atoms with Crippen LogP contribution in [0.4, 0.5) is 4.79 Å². The predicted octanol–water partition coefficient (Wildman–Crippen LogP) is 1.65. The average Bonchev–Trinajstić information content (AvgIpc) is 2.15. The first-order valence-electron chi connectivity index (χ1n) is 5.89. The van der Waals surface area contributed by atoms with Gasteiger partial charge in [-0.05, 0) is 33.6 Å². The van der Waals surface area contributed by atoms with Crippen LogP contribution in [0.1, 0.15) is 40.0 Å². The average molecular weight is 243 g/mol. The predicted molar refractivity (Wildman–Crippen MR) is 62.8 cm³/mol. The summed E-state index contributed by atoms with van der Waals surface area (Å²) in [6.07, 6.45) is 1.95. The fraction of sp³-hybridized carbons (Fsp3) is 0.833. The molecule has 1 rings (SSSR count). The minimum atomic E-state index is -0.530. The van der Waals surface area contributed by atoms with Gasteiger partial charge in [0.25, 0.3) is 0 Å². The van der Waals surface area contributed by atoms with Crippen molar-refractivity contribution in [3.63, 3.8) is 0 Å². The molecule has 1 fully saturated rings. The van der Waals surface area contributed by atoms with E-state index in [1.165, 1.54) is 0 Å². The van der Waals surface area contributed by atoms with Crippen molar-refractivity contribution in [1.29, 1.82) is 0 Å². The Morgan fingerprint density at radius 2 is 2.00 bits per heavy atom. The molecule has 0 bridgehead atoms. The minimum absolute atomic E-state index is 0.301. The Hall–Kier alpha value is -1.10. The Bertz CT molecular complexity index is 277. The second-order valence-electron chi connectivity index (χ2n) is 5.39. The lowest BCUT2D eigenvalue weighted by Crippen LogP contribution is -2.53.